The molecule has 0 atom stereocenters. The summed E-state index contributed by atoms with van der Waals surface area (Å²) < 4.78 is 63.9. The fourth-order valence-electron chi connectivity index (χ4n) is 6.97. The monoisotopic (exact) mass is 600 g/mol. The summed E-state index contributed by atoms with van der Waals surface area (Å²) in [7, 11) is 0. The Hall–Kier alpha value is -2.53. The van der Waals surface area contributed by atoms with Crippen LogP contribution < -0.4 is 4.74 Å². The molecule has 2 fully saturated rings. The van der Waals surface area contributed by atoms with E-state index in [1.54, 1.807) is 0 Å². The lowest BCUT2D eigenvalue weighted by molar-refractivity contribution is -0.222. The maximum atomic E-state index is 15.1. The number of hydrogen-bond donors (Lipinski definition) is 0. The van der Waals surface area contributed by atoms with E-state index in [1.165, 1.54) is 86.8 Å². The molecule has 0 N–H and O–H groups in total. The van der Waals surface area contributed by atoms with Gasteiger partial charge in [0.1, 0.15) is 17.4 Å². The molecule has 226 valence electrons. The lowest BCUT2D eigenvalue weighted by Crippen LogP contribution is -2.37. The van der Waals surface area contributed by atoms with E-state index < -0.39 is 23.7 Å². The summed E-state index contributed by atoms with van der Waals surface area (Å²) in [5.74, 6) is -0.837. The van der Waals surface area contributed by atoms with E-state index in [1.807, 2.05) is 0 Å². The fourth-order valence-corrected chi connectivity index (χ4v) is 7.09. The molecule has 6 heteroatoms. The predicted molar refractivity (Wildman–Crippen MR) is 162 cm³/mol. The number of halogens is 5. The van der Waals surface area contributed by atoms with Crippen molar-refractivity contribution in [2.45, 2.75) is 102 Å². The van der Waals surface area contributed by atoms with Gasteiger partial charge >= 0.3 is 6.11 Å². The van der Waals surface area contributed by atoms with Gasteiger partial charge < -0.3 is 4.74 Å². The summed E-state index contributed by atoms with van der Waals surface area (Å²) in [5.41, 5.74) is 3.00. The number of unbranched alkanes of at least 4 members (excludes halogenated alkanes) is 2. The standard InChI is InChI=1S/C36H41ClF4O/c1-2-3-4-5-24-6-8-25(9-7-24)26-10-12-27(13-11-26)28-14-17-30(18-15-28)36(40,41)42-31-19-20-32(34(38)23-31)29-16-21-33(37)35(39)22-29/h10-13,16,19-25,28,30H,2-9,14-15,17-18H2,1H3. The molecule has 0 saturated heterocycles. The van der Waals surface area contributed by atoms with E-state index in [0.717, 1.165) is 18.1 Å². The van der Waals surface area contributed by atoms with Crippen molar-refractivity contribution in [3.63, 3.8) is 0 Å². The van der Waals surface area contributed by atoms with Gasteiger partial charge in [-0.05, 0) is 110 Å². The number of benzene rings is 3. The molecule has 0 aromatic heterocycles. The first-order valence-corrected chi connectivity index (χ1v) is 16.0. The lowest BCUT2D eigenvalue weighted by Gasteiger charge is -2.33. The molecule has 0 amide bonds. The average Bonchev–Trinajstić information content (AvgIpc) is 2.99. The zero-order valence-electron chi connectivity index (χ0n) is 24.4. The van der Waals surface area contributed by atoms with Crippen molar-refractivity contribution in [2.24, 2.45) is 11.8 Å². The highest BCUT2D eigenvalue weighted by Gasteiger charge is 2.44. The van der Waals surface area contributed by atoms with E-state index in [2.05, 4.69) is 31.2 Å². The van der Waals surface area contributed by atoms with Crippen LogP contribution >= 0.6 is 11.6 Å². The van der Waals surface area contributed by atoms with Crippen LogP contribution in [0.4, 0.5) is 17.6 Å². The Morgan fingerprint density at radius 1 is 0.738 bits per heavy atom. The largest absolute Gasteiger partial charge is 0.432 e. The van der Waals surface area contributed by atoms with Crippen molar-refractivity contribution >= 4 is 11.6 Å². The van der Waals surface area contributed by atoms with E-state index in [-0.39, 0.29) is 27.8 Å². The van der Waals surface area contributed by atoms with Gasteiger partial charge in [-0.25, -0.2) is 8.78 Å². The summed E-state index contributed by atoms with van der Waals surface area (Å²) >= 11 is 5.71. The molecular formula is C36H41ClF4O. The summed E-state index contributed by atoms with van der Waals surface area (Å²) in [6.07, 6.45) is 9.16. The Bertz CT molecular complexity index is 1310. The third kappa shape index (κ3) is 7.51. The molecule has 3 aromatic carbocycles. The highest BCUT2D eigenvalue weighted by atomic mass is 35.5. The molecule has 0 aliphatic heterocycles. The first-order chi connectivity index (χ1) is 20.2. The van der Waals surface area contributed by atoms with Gasteiger partial charge in [0.05, 0.1) is 10.9 Å². The molecule has 3 aromatic rings. The number of hydrogen-bond acceptors (Lipinski definition) is 1. The van der Waals surface area contributed by atoms with Gasteiger partial charge in [0, 0.05) is 11.6 Å². The molecule has 0 unspecified atom stereocenters. The Morgan fingerprint density at radius 2 is 1.36 bits per heavy atom. The van der Waals surface area contributed by atoms with Crippen LogP contribution in [0.5, 0.6) is 5.75 Å². The minimum Gasteiger partial charge on any atom is -0.432 e. The normalized spacial score (nSPS) is 23.1. The van der Waals surface area contributed by atoms with Crippen LogP contribution in [0, 0.1) is 23.5 Å². The molecular weight excluding hydrogens is 560 g/mol. The molecule has 0 bridgehead atoms. The van der Waals surface area contributed by atoms with Crippen LogP contribution in [0.15, 0.2) is 60.7 Å². The molecule has 2 saturated carbocycles. The van der Waals surface area contributed by atoms with E-state index in [9.17, 15) is 8.78 Å². The van der Waals surface area contributed by atoms with Gasteiger partial charge in [0.25, 0.3) is 0 Å². The van der Waals surface area contributed by atoms with Crippen molar-refractivity contribution < 1.29 is 22.3 Å². The highest BCUT2D eigenvalue weighted by molar-refractivity contribution is 6.30. The Labute approximate surface area is 252 Å². The van der Waals surface area contributed by atoms with E-state index in [4.69, 9.17) is 16.3 Å². The molecule has 0 radical (unpaired) electrons. The topological polar surface area (TPSA) is 9.23 Å². The summed E-state index contributed by atoms with van der Waals surface area (Å²) in [4.78, 5) is 0. The second-order valence-corrected chi connectivity index (χ2v) is 12.8. The van der Waals surface area contributed by atoms with Crippen LogP contribution in [-0.2, 0) is 0 Å². The zero-order valence-corrected chi connectivity index (χ0v) is 25.1. The third-order valence-corrected chi connectivity index (χ3v) is 9.88. The van der Waals surface area contributed by atoms with Crippen LogP contribution in [0.3, 0.4) is 0 Å². The van der Waals surface area contributed by atoms with Crippen molar-refractivity contribution in [3.8, 4) is 16.9 Å². The first-order valence-electron chi connectivity index (χ1n) is 15.6. The van der Waals surface area contributed by atoms with E-state index in [0.29, 0.717) is 31.6 Å². The van der Waals surface area contributed by atoms with Crippen LogP contribution in [0.25, 0.3) is 11.1 Å². The van der Waals surface area contributed by atoms with Gasteiger partial charge in [0.2, 0.25) is 0 Å². The summed E-state index contributed by atoms with van der Waals surface area (Å²) in [5, 5.41) is -0.0731. The summed E-state index contributed by atoms with van der Waals surface area (Å²) in [6.45, 7) is 2.26. The maximum absolute atomic E-state index is 15.1. The fraction of sp³-hybridized carbons (Fsp3) is 0.500. The first kappa shape index (κ1) is 30.9. The molecule has 42 heavy (non-hydrogen) atoms. The van der Waals surface area contributed by atoms with Gasteiger partial charge in [-0.2, -0.15) is 8.78 Å². The van der Waals surface area contributed by atoms with Crippen molar-refractivity contribution in [1.82, 2.24) is 0 Å². The van der Waals surface area contributed by atoms with Gasteiger partial charge in [-0.1, -0.05) is 74.5 Å². The SMILES string of the molecule is CCCCCC1CCC(c2ccc(C3CCC(C(F)(F)Oc4ccc(-c5ccc(Cl)c(F)c5)c(F)c4)CC3)cc2)CC1. The van der Waals surface area contributed by atoms with Gasteiger partial charge in [-0.15, -0.1) is 0 Å². The van der Waals surface area contributed by atoms with Crippen LogP contribution in [-0.4, -0.2) is 6.11 Å². The van der Waals surface area contributed by atoms with Gasteiger partial charge in [-0.3, -0.25) is 0 Å². The predicted octanol–water partition coefficient (Wildman–Crippen LogP) is 12.1. The van der Waals surface area contributed by atoms with Gasteiger partial charge in [0.15, 0.2) is 0 Å². The lowest BCUT2D eigenvalue weighted by atomic mass is 9.75. The molecule has 0 spiro atoms. The number of alkyl halides is 2. The smallest absolute Gasteiger partial charge is 0.400 e. The highest BCUT2D eigenvalue weighted by Crippen LogP contribution is 2.44. The zero-order chi connectivity index (χ0) is 29.7. The van der Waals surface area contributed by atoms with Crippen LogP contribution in [0.2, 0.25) is 5.02 Å². The van der Waals surface area contributed by atoms with Crippen LogP contribution in [0.1, 0.15) is 107 Å². The quantitative estimate of drug-likeness (QED) is 0.166. The number of rotatable bonds is 10. The average molecular weight is 601 g/mol. The minimum absolute atomic E-state index is 0.0731. The van der Waals surface area contributed by atoms with Crippen molar-refractivity contribution in [1.29, 1.82) is 0 Å². The maximum Gasteiger partial charge on any atom is 0.400 e. The number of ether oxygens (including phenoxy) is 1. The third-order valence-electron chi connectivity index (χ3n) is 9.57. The van der Waals surface area contributed by atoms with E-state index >= 15 is 8.78 Å². The molecule has 1 nitrogen and oxygen atoms in total. The molecule has 5 rings (SSSR count). The Balaban J connectivity index is 1.12. The van der Waals surface area contributed by atoms with Crippen molar-refractivity contribution in [3.05, 3.63) is 88.4 Å². The summed E-state index contributed by atoms with van der Waals surface area (Å²) in [6, 6.07) is 16.4. The Kier molecular flexibility index (Phi) is 10.2. The minimum atomic E-state index is -3.41. The second-order valence-electron chi connectivity index (χ2n) is 12.4. The second kappa shape index (κ2) is 13.8. The Morgan fingerprint density at radius 3 is 1.93 bits per heavy atom. The van der Waals surface area contributed by atoms with Crippen molar-refractivity contribution in [2.75, 3.05) is 0 Å². The molecule has 2 aliphatic carbocycles. The molecule has 2 aliphatic rings. The molecule has 0 heterocycles.